The molecule has 1 heterocycles. The molecule has 2 amide bonds. The van der Waals surface area contributed by atoms with Gasteiger partial charge in [-0.15, -0.1) is 0 Å². The third kappa shape index (κ3) is 2.63. The number of piperazine rings is 1. The van der Waals surface area contributed by atoms with Crippen molar-refractivity contribution >= 4 is 17.5 Å². The van der Waals surface area contributed by atoms with E-state index in [4.69, 9.17) is 0 Å². The molecule has 4 nitrogen and oxygen atoms in total. The summed E-state index contributed by atoms with van der Waals surface area (Å²) in [4.78, 5) is 25.8. The molecule has 2 aromatic carbocycles. The van der Waals surface area contributed by atoms with Crippen LogP contribution in [0.15, 0.2) is 54.6 Å². The van der Waals surface area contributed by atoms with Gasteiger partial charge in [0.25, 0.3) is 5.91 Å². The van der Waals surface area contributed by atoms with Gasteiger partial charge in [0.15, 0.2) is 0 Å². The Kier molecular flexibility index (Phi) is 3.39. The zero-order valence-corrected chi connectivity index (χ0v) is 11.1. The molecule has 0 saturated carbocycles. The second-order valence-corrected chi connectivity index (χ2v) is 4.81. The molecule has 1 aliphatic rings. The molecular weight excluding hydrogens is 271 g/mol. The summed E-state index contributed by atoms with van der Waals surface area (Å²) in [5.41, 5.74) is 1.24. The highest BCUT2D eigenvalue weighted by atomic mass is 19.1. The topological polar surface area (TPSA) is 49.4 Å². The maximum absolute atomic E-state index is 13.0. The van der Waals surface area contributed by atoms with Crippen molar-refractivity contribution in [3.05, 3.63) is 66.0 Å². The predicted octanol–water partition coefficient (Wildman–Crippen LogP) is 2.03. The van der Waals surface area contributed by atoms with Crippen LogP contribution in [0.4, 0.5) is 10.1 Å². The van der Waals surface area contributed by atoms with Crippen LogP contribution in [0.3, 0.4) is 0 Å². The van der Waals surface area contributed by atoms with Gasteiger partial charge in [0.2, 0.25) is 5.91 Å². The van der Waals surface area contributed by atoms with Gasteiger partial charge in [-0.05, 0) is 29.8 Å². The Morgan fingerprint density at radius 1 is 1.00 bits per heavy atom. The number of rotatable bonds is 2. The van der Waals surface area contributed by atoms with Gasteiger partial charge in [0.05, 0.1) is 0 Å². The molecule has 1 atom stereocenters. The van der Waals surface area contributed by atoms with Crippen LogP contribution in [0.25, 0.3) is 0 Å². The second kappa shape index (κ2) is 5.36. The number of anilines is 1. The summed E-state index contributed by atoms with van der Waals surface area (Å²) >= 11 is 0. The van der Waals surface area contributed by atoms with Gasteiger partial charge in [-0.1, -0.05) is 30.3 Å². The summed E-state index contributed by atoms with van der Waals surface area (Å²) in [5.74, 6) is -0.854. The molecule has 1 saturated heterocycles. The number of hydrogen-bond acceptors (Lipinski definition) is 2. The average molecular weight is 284 g/mol. The Bertz CT molecular complexity index is 670. The zero-order valence-electron chi connectivity index (χ0n) is 11.1. The first-order valence-corrected chi connectivity index (χ1v) is 6.56. The Hall–Kier alpha value is -2.69. The van der Waals surface area contributed by atoms with E-state index in [0.717, 1.165) is 5.56 Å². The fourth-order valence-electron chi connectivity index (χ4n) is 2.36. The van der Waals surface area contributed by atoms with E-state index >= 15 is 0 Å². The van der Waals surface area contributed by atoms with E-state index in [9.17, 15) is 14.0 Å². The van der Waals surface area contributed by atoms with E-state index in [0.29, 0.717) is 5.69 Å². The zero-order chi connectivity index (χ0) is 14.8. The van der Waals surface area contributed by atoms with Crippen LogP contribution in [0.5, 0.6) is 0 Å². The van der Waals surface area contributed by atoms with Crippen molar-refractivity contribution in [2.24, 2.45) is 0 Å². The lowest BCUT2D eigenvalue weighted by Gasteiger charge is -2.32. The van der Waals surface area contributed by atoms with Crippen molar-refractivity contribution < 1.29 is 14.0 Å². The van der Waals surface area contributed by atoms with Gasteiger partial charge in [0.1, 0.15) is 18.4 Å². The predicted molar refractivity (Wildman–Crippen MR) is 76.1 cm³/mol. The maximum Gasteiger partial charge on any atom is 0.254 e. The number of carbonyl (C=O) groups excluding carboxylic acids is 2. The minimum Gasteiger partial charge on any atom is -0.339 e. The van der Waals surface area contributed by atoms with Crippen LogP contribution >= 0.6 is 0 Å². The van der Waals surface area contributed by atoms with Crippen molar-refractivity contribution in [2.45, 2.75) is 6.04 Å². The molecule has 1 fully saturated rings. The highest BCUT2D eigenvalue weighted by Crippen LogP contribution is 2.24. The smallest absolute Gasteiger partial charge is 0.254 e. The van der Waals surface area contributed by atoms with E-state index in [1.807, 2.05) is 18.2 Å². The van der Waals surface area contributed by atoms with Crippen LogP contribution in [0, 0.1) is 5.82 Å². The number of nitrogens with one attached hydrogen (secondary N) is 1. The minimum absolute atomic E-state index is 0.0617. The molecule has 1 N–H and O–H groups in total. The van der Waals surface area contributed by atoms with E-state index in [-0.39, 0.29) is 24.2 Å². The second-order valence-electron chi connectivity index (χ2n) is 4.81. The minimum atomic E-state index is -0.711. The molecule has 0 spiro atoms. The molecule has 3 rings (SSSR count). The summed E-state index contributed by atoms with van der Waals surface area (Å²) < 4.78 is 13.0. The highest BCUT2D eigenvalue weighted by molar-refractivity contribution is 6.06. The number of hydrogen-bond donors (Lipinski definition) is 1. The molecule has 106 valence electrons. The highest BCUT2D eigenvalue weighted by Gasteiger charge is 2.34. The number of benzene rings is 2. The van der Waals surface area contributed by atoms with Crippen molar-refractivity contribution in [3.8, 4) is 0 Å². The van der Waals surface area contributed by atoms with E-state index < -0.39 is 6.04 Å². The molecule has 0 aliphatic carbocycles. The number of amides is 2. The molecular formula is C16H13FN2O2. The summed E-state index contributed by atoms with van der Waals surface area (Å²) in [7, 11) is 0. The molecule has 21 heavy (non-hydrogen) atoms. The number of nitrogens with zero attached hydrogens (tertiary/aromatic N) is 1. The molecule has 0 bridgehead atoms. The Morgan fingerprint density at radius 2 is 1.67 bits per heavy atom. The lowest BCUT2D eigenvalue weighted by Crippen LogP contribution is -2.53. The molecule has 1 unspecified atom stereocenters. The molecule has 0 radical (unpaired) electrons. The van der Waals surface area contributed by atoms with Gasteiger partial charge in [-0.25, -0.2) is 4.39 Å². The van der Waals surface area contributed by atoms with E-state index in [2.05, 4.69) is 5.32 Å². The standard InChI is InChI=1S/C16H13FN2O2/c17-12-6-8-13(9-7-12)19-10-14(20)18-15(16(19)21)11-4-2-1-3-5-11/h1-9,15H,10H2,(H,18,20). The normalized spacial score (nSPS) is 18.5. The lowest BCUT2D eigenvalue weighted by atomic mass is 10.0. The molecule has 1 aliphatic heterocycles. The van der Waals surface area contributed by atoms with Crippen LogP contribution in [-0.2, 0) is 9.59 Å². The first-order chi connectivity index (χ1) is 10.1. The van der Waals surface area contributed by atoms with Crippen molar-refractivity contribution in [3.63, 3.8) is 0 Å². The summed E-state index contributed by atoms with van der Waals surface area (Å²) in [6, 6.07) is 13.9. The van der Waals surface area contributed by atoms with Gasteiger partial charge in [-0.2, -0.15) is 0 Å². The first-order valence-electron chi connectivity index (χ1n) is 6.56. The van der Waals surface area contributed by atoms with Crippen molar-refractivity contribution in [2.75, 3.05) is 11.4 Å². The van der Waals surface area contributed by atoms with Gasteiger partial charge in [0, 0.05) is 5.69 Å². The van der Waals surface area contributed by atoms with Crippen molar-refractivity contribution in [1.82, 2.24) is 5.32 Å². The Labute approximate surface area is 121 Å². The number of halogens is 1. The molecule has 2 aromatic rings. The Morgan fingerprint density at radius 3 is 2.33 bits per heavy atom. The van der Waals surface area contributed by atoms with Gasteiger partial charge < -0.3 is 10.2 Å². The van der Waals surface area contributed by atoms with E-state index in [1.165, 1.54) is 29.2 Å². The van der Waals surface area contributed by atoms with E-state index in [1.54, 1.807) is 12.1 Å². The summed E-state index contributed by atoms with van der Waals surface area (Å²) in [6.45, 7) is -0.0617. The van der Waals surface area contributed by atoms with Crippen LogP contribution in [-0.4, -0.2) is 18.4 Å². The average Bonchev–Trinajstić information content (AvgIpc) is 2.51. The van der Waals surface area contributed by atoms with Gasteiger partial charge >= 0.3 is 0 Å². The third-order valence-corrected chi connectivity index (χ3v) is 3.39. The number of carbonyl (C=O) groups is 2. The van der Waals surface area contributed by atoms with Crippen LogP contribution in [0.2, 0.25) is 0 Å². The van der Waals surface area contributed by atoms with Crippen LogP contribution in [0.1, 0.15) is 11.6 Å². The third-order valence-electron chi connectivity index (χ3n) is 3.39. The molecule has 5 heteroatoms. The quantitative estimate of drug-likeness (QED) is 0.917. The fraction of sp³-hybridized carbons (Fsp3) is 0.125. The monoisotopic (exact) mass is 284 g/mol. The fourth-order valence-corrected chi connectivity index (χ4v) is 2.36. The van der Waals surface area contributed by atoms with Crippen LogP contribution < -0.4 is 10.2 Å². The maximum atomic E-state index is 13.0. The van der Waals surface area contributed by atoms with Crippen molar-refractivity contribution in [1.29, 1.82) is 0 Å². The summed E-state index contributed by atoms with van der Waals surface area (Å²) in [6.07, 6.45) is 0. The first kappa shape index (κ1) is 13.3. The largest absolute Gasteiger partial charge is 0.339 e. The summed E-state index contributed by atoms with van der Waals surface area (Å²) in [5, 5.41) is 2.69. The lowest BCUT2D eigenvalue weighted by molar-refractivity contribution is -0.131. The SMILES string of the molecule is O=C1CN(c2ccc(F)cc2)C(=O)C(c2ccccc2)N1. The van der Waals surface area contributed by atoms with Gasteiger partial charge in [-0.3, -0.25) is 9.59 Å². The molecule has 0 aromatic heterocycles. The Balaban J connectivity index is 1.93.